The second kappa shape index (κ2) is 21.0. The fraction of sp³-hybridized carbons (Fsp3) is 0.519. The Kier molecular flexibility index (Phi) is 15.4. The Morgan fingerprint density at radius 2 is 1.17 bits per heavy atom. The molecular weight excluding hydrogens is 837 g/mol. The Labute approximate surface area is 391 Å². The lowest BCUT2D eigenvalue weighted by atomic mass is 9.83. The largest absolute Gasteiger partial charge is 0.493 e. The molecule has 0 fully saturated rings. The summed E-state index contributed by atoms with van der Waals surface area (Å²) < 4.78 is 38.8. The van der Waals surface area contributed by atoms with Crippen molar-refractivity contribution in [1.82, 2.24) is 0 Å². The predicted octanol–water partition coefficient (Wildman–Crippen LogP) is 11.0. The number of fused-ring (bicyclic) bond motifs is 2. The molecule has 12 heteroatoms. The van der Waals surface area contributed by atoms with Gasteiger partial charge >= 0.3 is 11.9 Å². The number of nitrogens with zero attached hydrogens (tertiary/aromatic N) is 2. The molecule has 0 radical (unpaired) electrons. The lowest BCUT2D eigenvalue weighted by molar-refractivity contribution is -0.956. The highest BCUT2D eigenvalue weighted by atomic mass is 16.5. The summed E-state index contributed by atoms with van der Waals surface area (Å²) in [5, 5.41) is 22.2. The van der Waals surface area contributed by atoms with Gasteiger partial charge in [0.25, 0.3) is 0 Å². The fourth-order valence-corrected chi connectivity index (χ4v) is 11.3. The Balaban J connectivity index is 1.49. The first-order valence-corrected chi connectivity index (χ1v) is 24.1. The van der Waals surface area contributed by atoms with Crippen molar-refractivity contribution >= 4 is 11.9 Å². The Morgan fingerprint density at radius 3 is 1.74 bits per heavy atom. The van der Waals surface area contributed by atoms with Gasteiger partial charge in [0.1, 0.15) is 17.8 Å². The third kappa shape index (κ3) is 9.67. The number of hydrogen-bond acceptors (Lipinski definition) is 8. The quantitative estimate of drug-likeness (QED) is 0.0735. The number of carbonyl (C=O) groups is 2. The minimum absolute atomic E-state index is 0.234. The second-order valence-electron chi connectivity index (χ2n) is 19.0. The first kappa shape index (κ1) is 48.5. The van der Waals surface area contributed by atoms with E-state index in [1.807, 2.05) is 36.4 Å². The van der Waals surface area contributed by atoms with Crippen LogP contribution in [-0.2, 0) is 35.3 Å². The van der Waals surface area contributed by atoms with Gasteiger partial charge in [0.2, 0.25) is 5.75 Å². The molecule has 0 spiro atoms. The molecule has 2 N–H and O–H groups in total. The first-order chi connectivity index (χ1) is 31.8. The van der Waals surface area contributed by atoms with Gasteiger partial charge in [-0.3, -0.25) is 0 Å². The normalized spacial score (nSPS) is 21.8. The van der Waals surface area contributed by atoms with Gasteiger partial charge in [0, 0.05) is 44.1 Å². The predicted molar refractivity (Wildman–Crippen MR) is 255 cm³/mol. The zero-order valence-corrected chi connectivity index (χ0v) is 40.5. The number of carboxylic acids is 2. The molecule has 0 amide bonds. The smallest absolute Gasteiger partial charge is 0.362 e. The summed E-state index contributed by atoms with van der Waals surface area (Å²) in [6.07, 6.45) is 11.2. The summed E-state index contributed by atoms with van der Waals surface area (Å²) in [7, 11) is 10.7. The zero-order chi connectivity index (χ0) is 47.2. The Morgan fingerprint density at radius 1 is 0.621 bits per heavy atom. The van der Waals surface area contributed by atoms with Crippen LogP contribution in [0.3, 0.4) is 0 Å². The number of ether oxygens (including phenoxy) is 6. The number of hydrogen-bond donors (Lipinski definition) is 2. The zero-order valence-electron chi connectivity index (χ0n) is 40.5. The summed E-state index contributed by atoms with van der Waals surface area (Å²) in [5.74, 6) is 2.48. The van der Waals surface area contributed by atoms with Gasteiger partial charge in [-0.05, 0) is 77.6 Å². The van der Waals surface area contributed by atoms with Crippen LogP contribution in [0.2, 0.25) is 0 Å². The van der Waals surface area contributed by atoms with Crippen molar-refractivity contribution in [3.8, 4) is 46.0 Å². The first-order valence-electron chi connectivity index (χ1n) is 24.1. The van der Waals surface area contributed by atoms with Crippen LogP contribution in [0.1, 0.15) is 124 Å². The number of quaternary nitrogens is 2. The monoisotopic (exact) mass is 909 g/mol. The van der Waals surface area contributed by atoms with E-state index in [4.69, 9.17) is 28.4 Å². The van der Waals surface area contributed by atoms with Gasteiger partial charge in [0.05, 0.1) is 61.2 Å². The standard InChI is InChI=1S/C54H70N2O10/c1-9-11-13-15-17-41(53(57)58)55(3)27-25-37-32-46(62-6)48-34-40(37)43(55)29-35-19-22-39(23-20-35)65-47-31-36(21-24-45(47)61-5)30-44-50-38(33-49(63-7)51(64-8)52(50)66-48)26-28-56(44,4)42(54(59)60)18-16-14-12-10-2/h19-24,31-34,41-44H,9-18,25-30H2,1-8H3/p+2. The van der Waals surface area contributed by atoms with Crippen molar-refractivity contribution in [2.75, 3.05) is 55.6 Å². The van der Waals surface area contributed by atoms with Crippen LogP contribution in [0.15, 0.2) is 60.7 Å². The van der Waals surface area contributed by atoms with E-state index in [-0.39, 0.29) is 10.5 Å². The molecule has 4 aliphatic rings. The van der Waals surface area contributed by atoms with E-state index >= 15 is 0 Å². The number of likely N-dealkylation sites (N-methyl/N-ethyl adjacent to an activating group) is 2. The fourth-order valence-electron chi connectivity index (χ4n) is 11.3. The average Bonchev–Trinajstić information content (AvgIpc) is 3.30. The number of carboxylic acid groups (broad SMARTS) is 2. The van der Waals surface area contributed by atoms with E-state index < -0.39 is 30.1 Å². The van der Waals surface area contributed by atoms with E-state index in [0.717, 1.165) is 84.7 Å². The van der Waals surface area contributed by atoms with Crippen LogP contribution in [0, 0.1) is 0 Å². The van der Waals surface area contributed by atoms with Crippen LogP contribution in [0.4, 0.5) is 0 Å². The molecule has 0 saturated heterocycles. The maximum atomic E-state index is 13.6. The van der Waals surface area contributed by atoms with Gasteiger partial charge < -0.3 is 47.6 Å². The molecule has 0 aromatic heterocycles. The third-order valence-electron chi connectivity index (χ3n) is 15.1. The third-order valence-corrected chi connectivity index (χ3v) is 15.1. The molecule has 12 nitrogen and oxygen atoms in total. The van der Waals surface area contributed by atoms with Gasteiger partial charge in [-0.25, -0.2) is 9.59 Å². The molecule has 6 bridgehead atoms. The molecule has 0 saturated carbocycles. The maximum Gasteiger partial charge on any atom is 0.362 e. The van der Waals surface area contributed by atoms with Crippen molar-refractivity contribution in [3.63, 3.8) is 0 Å². The molecular formula is C54H72N2O10+2. The highest BCUT2D eigenvalue weighted by molar-refractivity contribution is 5.73. The molecule has 66 heavy (non-hydrogen) atoms. The molecule has 4 aromatic carbocycles. The summed E-state index contributed by atoms with van der Waals surface area (Å²) in [4.78, 5) is 27.1. The molecule has 4 heterocycles. The van der Waals surface area contributed by atoms with Crippen LogP contribution in [0.5, 0.6) is 46.0 Å². The van der Waals surface area contributed by atoms with Crippen molar-refractivity contribution < 1.29 is 57.2 Å². The summed E-state index contributed by atoms with van der Waals surface area (Å²) in [6.45, 7) is 5.55. The molecule has 6 atom stereocenters. The van der Waals surface area contributed by atoms with E-state index in [2.05, 4.69) is 52.2 Å². The average molecular weight is 909 g/mol. The number of unbranched alkanes of at least 4 members (excludes halogenated alkanes) is 6. The topological polar surface area (TPSA) is 130 Å². The molecule has 6 unspecified atom stereocenters. The van der Waals surface area contributed by atoms with Crippen molar-refractivity contribution in [2.24, 2.45) is 0 Å². The SMILES string of the molecule is CCCCCCC(C(=O)O)[N+]1(C)CCc2cc(OC)c3cc2C1Cc1ccc(cc1)Oc1cc(ccc1OC)CC1c2c(cc(OC)c(OC)c2O3)CC[N+]1(C)C(CCCCCC)C(=O)O. The minimum atomic E-state index is -0.823. The van der Waals surface area contributed by atoms with Gasteiger partial charge in [0.15, 0.2) is 46.6 Å². The highest BCUT2D eigenvalue weighted by Crippen LogP contribution is 2.55. The second-order valence-corrected chi connectivity index (χ2v) is 19.0. The van der Waals surface area contributed by atoms with E-state index in [1.165, 1.54) is 0 Å². The van der Waals surface area contributed by atoms with Crippen molar-refractivity contribution in [2.45, 2.75) is 128 Å². The number of methoxy groups -OCH3 is 4. The van der Waals surface area contributed by atoms with Crippen LogP contribution in [-0.4, -0.2) is 98.8 Å². The lowest BCUT2D eigenvalue weighted by Crippen LogP contribution is -2.61. The molecule has 0 aliphatic carbocycles. The Bertz CT molecular complexity index is 2350. The van der Waals surface area contributed by atoms with Crippen LogP contribution < -0.4 is 28.4 Å². The molecule has 356 valence electrons. The summed E-state index contributed by atoms with van der Waals surface area (Å²) >= 11 is 0. The van der Waals surface area contributed by atoms with Crippen molar-refractivity contribution in [1.29, 1.82) is 0 Å². The molecule has 4 aromatic rings. The number of aliphatic carboxylic acids is 2. The summed E-state index contributed by atoms with van der Waals surface area (Å²) in [6, 6.07) is 18.1. The lowest BCUT2D eigenvalue weighted by Gasteiger charge is -2.49. The molecule has 4 aliphatic heterocycles. The van der Waals surface area contributed by atoms with Gasteiger partial charge in [-0.15, -0.1) is 0 Å². The number of rotatable bonds is 18. The number of benzene rings is 4. The maximum absolute atomic E-state index is 13.6. The van der Waals surface area contributed by atoms with E-state index in [1.54, 1.807) is 28.4 Å². The van der Waals surface area contributed by atoms with Gasteiger partial charge in [-0.2, -0.15) is 0 Å². The van der Waals surface area contributed by atoms with Gasteiger partial charge in [-0.1, -0.05) is 70.6 Å². The minimum Gasteiger partial charge on any atom is -0.493 e. The van der Waals surface area contributed by atoms with Crippen molar-refractivity contribution in [3.05, 3.63) is 94.0 Å². The van der Waals surface area contributed by atoms with E-state index in [9.17, 15) is 19.8 Å². The highest BCUT2D eigenvalue weighted by Gasteiger charge is 2.51. The Hall–Kier alpha value is -5.46. The van der Waals surface area contributed by atoms with Crippen LogP contribution >= 0.6 is 0 Å². The summed E-state index contributed by atoms with van der Waals surface area (Å²) in [5.41, 5.74) is 5.92. The molecule has 8 rings (SSSR count). The van der Waals surface area contributed by atoms with Crippen LogP contribution in [0.25, 0.3) is 0 Å². The van der Waals surface area contributed by atoms with E-state index in [0.29, 0.717) is 102 Å².